The fourth-order valence-electron chi connectivity index (χ4n) is 3.83. The number of nitrogens with one attached hydrogen (secondary N) is 2. The third-order valence-corrected chi connectivity index (χ3v) is 5.57. The molecule has 2 N–H and O–H groups in total. The minimum atomic E-state index is -0.0657. The van der Waals surface area contributed by atoms with Crippen LogP contribution in [0, 0.1) is 0 Å². The van der Waals surface area contributed by atoms with E-state index in [4.69, 9.17) is 0 Å². The molecular weight excluding hydrogens is 424 g/mol. The molecular formula is C27H24N6O. The first-order valence-electron chi connectivity index (χ1n) is 11.1. The molecule has 7 heteroatoms. The van der Waals surface area contributed by atoms with Crippen molar-refractivity contribution in [1.82, 2.24) is 19.5 Å². The Morgan fingerprint density at radius 2 is 1.71 bits per heavy atom. The first-order valence-corrected chi connectivity index (χ1v) is 11.1. The Morgan fingerprint density at radius 3 is 2.50 bits per heavy atom. The molecule has 1 atom stereocenters. The van der Waals surface area contributed by atoms with Crippen LogP contribution in [-0.2, 0) is 11.2 Å². The van der Waals surface area contributed by atoms with Crippen LogP contribution in [0.15, 0.2) is 97.5 Å². The van der Waals surface area contributed by atoms with Crippen LogP contribution in [0.4, 0.5) is 11.6 Å². The topological polar surface area (TPSA) is 84.7 Å². The molecule has 3 aromatic carbocycles. The summed E-state index contributed by atoms with van der Waals surface area (Å²) in [5.74, 6) is 1.19. The summed E-state index contributed by atoms with van der Waals surface area (Å²) < 4.78 is 1.91. The largest absolute Gasteiger partial charge is 0.348 e. The molecule has 0 fully saturated rings. The van der Waals surface area contributed by atoms with E-state index in [2.05, 4.69) is 44.6 Å². The number of rotatable bonds is 7. The molecule has 7 nitrogen and oxygen atoms in total. The number of hydrogen-bond acceptors (Lipinski definition) is 5. The lowest BCUT2D eigenvalue weighted by molar-refractivity contribution is -0.115. The van der Waals surface area contributed by atoms with Gasteiger partial charge in [0.25, 0.3) is 0 Å². The van der Waals surface area contributed by atoms with Crippen molar-refractivity contribution in [3.8, 4) is 5.82 Å². The van der Waals surface area contributed by atoms with Crippen molar-refractivity contribution in [3.05, 3.63) is 109 Å². The molecule has 5 aromatic rings. The van der Waals surface area contributed by atoms with E-state index in [0.29, 0.717) is 23.9 Å². The first-order chi connectivity index (χ1) is 16.7. The van der Waals surface area contributed by atoms with E-state index in [9.17, 15) is 4.79 Å². The van der Waals surface area contributed by atoms with Crippen molar-refractivity contribution in [2.45, 2.75) is 19.4 Å². The molecule has 0 saturated carbocycles. The fourth-order valence-corrected chi connectivity index (χ4v) is 3.83. The van der Waals surface area contributed by atoms with Gasteiger partial charge in [0.15, 0.2) is 0 Å². The van der Waals surface area contributed by atoms with Crippen LogP contribution in [-0.4, -0.2) is 25.4 Å². The number of anilines is 2. The summed E-state index contributed by atoms with van der Waals surface area (Å²) in [6.45, 7) is 2.07. The maximum atomic E-state index is 12.4. The molecule has 0 aliphatic heterocycles. The predicted octanol–water partition coefficient (Wildman–Crippen LogP) is 5.17. The van der Waals surface area contributed by atoms with E-state index in [0.717, 1.165) is 22.2 Å². The van der Waals surface area contributed by atoms with Crippen molar-refractivity contribution in [1.29, 1.82) is 0 Å². The van der Waals surface area contributed by atoms with E-state index in [1.165, 1.54) is 0 Å². The Hall–Kier alpha value is -4.52. The molecule has 0 radical (unpaired) electrons. The molecule has 5 rings (SSSR count). The van der Waals surface area contributed by atoms with Crippen LogP contribution in [0.5, 0.6) is 0 Å². The van der Waals surface area contributed by atoms with E-state index < -0.39 is 0 Å². The van der Waals surface area contributed by atoms with Gasteiger partial charge in [0.2, 0.25) is 11.9 Å². The van der Waals surface area contributed by atoms with Crippen molar-refractivity contribution in [3.63, 3.8) is 0 Å². The number of amides is 1. The summed E-state index contributed by atoms with van der Waals surface area (Å²) in [5.41, 5.74) is 4.50. The molecule has 2 heterocycles. The van der Waals surface area contributed by atoms with Gasteiger partial charge in [-0.3, -0.25) is 9.36 Å². The van der Waals surface area contributed by atoms with Crippen LogP contribution in [0.1, 0.15) is 24.1 Å². The zero-order valence-corrected chi connectivity index (χ0v) is 18.7. The van der Waals surface area contributed by atoms with Crippen LogP contribution in [0.25, 0.3) is 16.9 Å². The maximum Gasteiger partial charge on any atom is 0.228 e. The maximum absolute atomic E-state index is 12.4. The normalized spacial score (nSPS) is 11.8. The summed E-state index contributed by atoms with van der Waals surface area (Å²) in [4.78, 5) is 26.0. The van der Waals surface area contributed by atoms with Crippen molar-refractivity contribution < 1.29 is 4.79 Å². The SMILES string of the molecule is C[C@H](Nc1nccc(-n2cnc3cc(NC(=O)Cc4ccccc4)ccc32)n1)c1ccccc1. The van der Waals surface area contributed by atoms with Gasteiger partial charge in [-0.2, -0.15) is 4.98 Å². The second-order valence-corrected chi connectivity index (χ2v) is 8.04. The molecule has 1 amide bonds. The third kappa shape index (κ3) is 4.78. The summed E-state index contributed by atoms with van der Waals surface area (Å²) in [6, 6.07) is 27.4. The van der Waals surface area contributed by atoms with Gasteiger partial charge in [-0.25, -0.2) is 9.97 Å². The number of fused-ring (bicyclic) bond motifs is 1. The highest BCUT2D eigenvalue weighted by molar-refractivity contribution is 5.94. The van der Waals surface area contributed by atoms with E-state index in [1.807, 2.05) is 77.4 Å². The number of aromatic nitrogens is 4. The van der Waals surface area contributed by atoms with Crippen molar-refractivity contribution in [2.75, 3.05) is 10.6 Å². The summed E-state index contributed by atoms with van der Waals surface area (Å²) in [7, 11) is 0. The number of nitrogens with zero attached hydrogens (tertiary/aromatic N) is 4. The van der Waals surface area contributed by atoms with E-state index in [1.54, 1.807) is 12.5 Å². The zero-order valence-electron chi connectivity index (χ0n) is 18.7. The van der Waals surface area contributed by atoms with Crippen LogP contribution in [0.3, 0.4) is 0 Å². The lowest BCUT2D eigenvalue weighted by atomic mass is 10.1. The van der Waals surface area contributed by atoms with Gasteiger partial charge < -0.3 is 10.6 Å². The quantitative estimate of drug-likeness (QED) is 0.359. The number of hydrogen-bond donors (Lipinski definition) is 2. The Morgan fingerprint density at radius 1 is 0.941 bits per heavy atom. The van der Waals surface area contributed by atoms with Crippen molar-refractivity contribution in [2.24, 2.45) is 0 Å². The summed E-state index contributed by atoms with van der Waals surface area (Å²) in [5, 5.41) is 6.31. The van der Waals surface area contributed by atoms with E-state index >= 15 is 0 Å². The van der Waals surface area contributed by atoms with Gasteiger partial charge >= 0.3 is 0 Å². The molecule has 2 aromatic heterocycles. The Bertz CT molecular complexity index is 1420. The smallest absolute Gasteiger partial charge is 0.228 e. The van der Waals surface area contributed by atoms with Gasteiger partial charge in [-0.05, 0) is 42.3 Å². The molecule has 0 saturated heterocycles. The average molecular weight is 449 g/mol. The van der Waals surface area contributed by atoms with Gasteiger partial charge in [-0.15, -0.1) is 0 Å². The van der Waals surface area contributed by atoms with Crippen LogP contribution >= 0.6 is 0 Å². The highest BCUT2D eigenvalue weighted by Gasteiger charge is 2.11. The first kappa shape index (κ1) is 21.3. The molecule has 0 spiro atoms. The number of carbonyl (C=O) groups excluding carboxylic acids is 1. The summed E-state index contributed by atoms with van der Waals surface area (Å²) in [6.07, 6.45) is 3.78. The van der Waals surface area contributed by atoms with Gasteiger partial charge in [0.05, 0.1) is 23.5 Å². The molecule has 0 bridgehead atoms. The van der Waals surface area contributed by atoms with Crippen molar-refractivity contribution >= 4 is 28.6 Å². The highest BCUT2D eigenvalue weighted by Crippen LogP contribution is 2.22. The average Bonchev–Trinajstić information content (AvgIpc) is 3.28. The second-order valence-electron chi connectivity index (χ2n) is 8.04. The molecule has 0 aliphatic rings. The van der Waals surface area contributed by atoms with Crippen LogP contribution in [0.2, 0.25) is 0 Å². The van der Waals surface area contributed by atoms with Crippen LogP contribution < -0.4 is 10.6 Å². The lowest BCUT2D eigenvalue weighted by Gasteiger charge is -2.14. The van der Waals surface area contributed by atoms with Gasteiger partial charge in [0, 0.05) is 11.9 Å². The van der Waals surface area contributed by atoms with E-state index in [-0.39, 0.29) is 11.9 Å². The molecule has 0 unspecified atom stereocenters. The molecule has 168 valence electrons. The number of benzene rings is 3. The minimum Gasteiger partial charge on any atom is -0.348 e. The highest BCUT2D eigenvalue weighted by atomic mass is 16.1. The number of imidazole rings is 1. The molecule has 0 aliphatic carbocycles. The monoisotopic (exact) mass is 448 g/mol. The third-order valence-electron chi connectivity index (χ3n) is 5.57. The second kappa shape index (κ2) is 9.54. The zero-order chi connectivity index (χ0) is 23.3. The molecule has 34 heavy (non-hydrogen) atoms. The predicted molar refractivity (Wildman–Crippen MR) is 134 cm³/mol. The van der Waals surface area contributed by atoms with Gasteiger partial charge in [-0.1, -0.05) is 60.7 Å². The number of carbonyl (C=O) groups is 1. The Balaban J connectivity index is 1.33. The standard InChI is InChI=1S/C27H24N6O/c1-19(21-10-6-3-7-11-21)30-27-28-15-14-25(32-27)33-18-29-23-17-22(12-13-24(23)33)31-26(34)16-20-8-4-2-5-9-20/h2-15,17-19H,16H2,1H3,(H,31,34)(H,28,30,32)/t19-/m0/s1. The fraction of sp³-hybridized carbons (Fsp3) is 0.111. The lowest BCUT2D eigenvalue weighted by Crippen LogP contribution is -2.14. The minimum absolute atomic E-state index is 0.0657. The Labute approximate surface area is 197 Å². The summed E-state index contributed by atoms with van der Waals surface area (Å²) >= 11 is 0. The van der Waals surface area contributed by atoms with Gasteiger partial charge in [0.1, 0.15) is 12.1 Å². The Kier molecular flexibility index (Phi) is 5.99.